The Balaban J connectivity index is 2.25. The maximum Gasteiger partial charge on any atom is 0.242 e. The van der Waals surface area contributed by atoms with Gasteiger partial charge in [0.25, 0.3) is 0 Å². The largest absolute Gasteiger partial charge is 0.398 e. The van der Waals surface area contributed by atoms with E-state index in [2.05, 4.69) is 4.72 Å². The predicted octanol–water partition coefficient (Wildman–Crippen LogP) is 2.48. The normalized spacial score (nSPS) is 23.7. The van der Waals surface area contributed by atoms with Crippen LogP contribution in [0.25, 0.3) is 0 Å². The SMILES string of the molecule is CSC1CCCC1NS(=O)(=O)c1cc(Cl)ccc1N. The molecule has 0 aliphatic heterocycles. The maximum atomic E-state index is 12.4. The van der Waals surface area contributed by atoms with E-state index in [4.69, 9.17) is 17.3 Å². The molecule has 1 saturated carbocycles. The number of benzene rings is 1. The Hall–Kier alpha value is -0.430. The van der Waals surface area contributed by atoms with Crippen molar-refractivity contribution < 1.29 is 8.42 Å². The van der Waals surface area contributed by atoms with E-state index in [0.717, 1.165) is 19.3 Å². The van der Waals surface area contributed by atoms with Crippen LogP contribution in [-0.4, -0.2) is 26.0 Å². The van der Waals surface area contributed by atoms with Crippen molar-refractivity contribution in [2.24, 2.45) is 0 Å². The lowest BCUT2D eigenvalue weighted by Gasteiger charge is -2.19. The Morgan fingerprint density at radius 3 is 2.84 bits per heavy atom. The Morgan fingerprint density at radius 1 is 1.42 bits per heavy atom. The molecule has 1 aromatic carbocycles. The number of thioether (sulfide) groups is 1. The fourth-order valence-electron chi connectivity index (χ4n) is 2.35. The Bertz CT molecular complexity index is 563. The highest BCUT2D eigenvalue weighted by atomic mass is 35.5. The molecular weight excluding hydrogens is 304 g/mol. The smallest absolute Gasteiger partial charge is 0.242 e. The van der Waals surface area contributed by atoms with Gasteiger partial charge in [0, 0.05) is 16.3 Å². The van der Waals surface area contributed by atoms with Gasteiger partial charge in [0.1, 0.15) is 4.90 Å². The third kappa shape index (κ3) is 3.37. The molecule has 2 atom stereocenters. The number of sulfonamides is 1. The van der Waals surface area contributed by atoms with Crippen molar-refractivity contribution in [3.05, 3.63) is 23.2 Å². The number of nitrogens with two attached hydrogens (primary N) is 1. The molecule has 0 aromatic heterocycles. The Kier molecular flexibility index (Phi) is 4.66. The van der Waals surface area contributed by atoms with Crippen LogP contribution < -0.4 is 10.5 Å². The quantitative estimate of drug-likeness (QED) is 0.836. The van der Waals surface area contributed by atoms with Gasteiger partial charge in [-0.25, -0.2) is 13.1 Å². The van der Waals surface area contributed by atoms with Crippen molar-refractivity contribution in [2.75, 3.05) is 12.0 Å². The monoisotopic (exact) mass is 320 g/mol. The van der Waals surface area contributed by atoms with Crippen LogP contribution in [0.3, 0.4) is 0 Å². The van der Waals surface area contributed by atoms with E-state index in [1.165, 1.54) is 12.1 Å². The summed E-state index contributed by atoms with van der Waals surface area (Å²) in [6.07, 6.45) is 4.96. The molecule has 1 fully saturated rings. The van der Waals surface area contributed by atoms with Gasteiger partial charge in [0.2, 0.25) is 10.0 Å². The Labute approximate surface area is 123 Å². The zero-order valence-corrected chi connectivity index (χ0v) is 13.0. The maximum absolute atomic E-state index is 12.4. The molecule has 1 aliphatic carbocycles. The van der Waals surface area contributed by atoms with Gasteiger partial charge in [-0.05, 0) is 37.3 Å². The lowest BCUT2D eigenvalue weighted by atomic mass is 10.3. The molecule has 3 N–H and O–H groups in total. The van der Waals surface area contributed by atoms with E-state index >= 15 is 0 Å². The number of nitrogens with one attached hydrogen (secondary N) is 1. The van der Waals surface area contributed by atoms with Crippen LogP contribution in [0.1, 0.15) is 19.3 Å². The molecule has 4 nitrogen and oxygen atoms in total. The number of nitrogen functional groups attached to an aromatic ring is 1. The summed E-state index contributed by atoms with van der Waals surface area (Å²) in [6, 6.07) is 4.45. The summed E-state index contributed by atoms with van der Waals surface area (Å²) in [5.74, 6) is 0. The number of rotatable bonds is 4. The molecule has 0 heterocycles. The van der Waals surface area contributed by atoms with Crippen LogP contribution in [0, 0.1) is 0 Å². The first-order valence-electron chi connectivity index (χ1n) is 6.04. The molecule has 2 unspecified atom stereocenters. The van der Waals surface area contributed by atoms with Gasteiger partial charge in [-0.1, -0.05) is 18.0 Å². The minimum atomic E-state index is -3.61. The molecule has 2 rings (SSSR count). The van der Waals surface area contributed by atoms with Crippen LogP contribution in [0.15, 0.2) is 23.1 Å². The predicted molar refractivity (Wildman–Crippen MR) is 81.1 cm³/mol. The fourth-order valence-corrected chi connectivity index (χ4v) is 5.07. The second kappa shape index (κ2) is 5.91. The summed E-state index contributed by atoms with van der Waals surface area (Å²) in [6.45, 7) is 0. The zero-order chi connectivity index (χ0) is 14.0. The zero-order valence-electron chi connectivity index (χ0n) is 10.6. The van der Waals surface area contributed by atoms with Crippen molar-refractivity contribution in [1.29, 1.82) is 0 Å². The summed E-state index contributed by atoms with van der Waals surface area (Å²) in [5, 5.41) is 0.692. The molecule has 0 bridgehead atoms. The van der Waals surface area contributed by atoms with Crippen LogP contribution in [0.5, 0.6) is 0 Å². The summed E-state index contributed by atoms with van der Waals surface area (Å²) in [5.41, 5.74) is 5.95. The van der Waals surface area contributed by atoms with Crippen LogP contribution in [0.2, 0.25) is 5.02 Å². The summed E-state index contributed by atoms with van der Waals surface area (Å²) in [7, 11) is -3.61. The minimum absolute atomic E-state index is 0.0293. The van der Waals surface area contributed by atoms with Crippen molar-refractivity contribution in [1.82, 2.24) is 4.72 Å². The second-order valence-electron chi connectivity index (χ2n) is 4.61. The molecule has 0 radical (unpaired) electrons. The summed E-state index contributed by atoms with van der Waals surface area (Å²) >= 11 is 7.54. The topological polar surface area (TPSA) is 72.2 Å². The van der Waals surface area contributed by atoms with Crippen molar-refractivity contribution in [3.8, 4) is 0 Å². The summed E-state index contributed by atoms with van der Waals surface area (Å²) < 4.78 is 27.5. The highest BCUT2D eigenvalue weighted by Gasteiger charge is 2.31. The minimum Gasteiger partial charge on any atom is -0.398 e. The van der Waals surface area contributed by atoms with Crippen molar-refractivity contribution >= 4 is 39.1 Å². The van der Waals surface area contributed by atoms with Gasteiger partial charge in [0.15, 0.2) is 0 Å². The van der Waals surface area contributed by atoms with Gasteiger partial charge in [-0.15, -0.1) is 0 Å². The first-order chi connectivity index (χ1) is 8.94. The van der Waals surface area contributed by atoms with E-state index in [1.54, 1.807) is 17.8 Å². The summed E-state index contributed by atoms with van der Waals surface area (Å²) in [4.78, 5) is 0.0618. The highest BCUT2D eigenvalue weighted by Crippen LogP contribution is 2.30. The number of hydrogen-bond donors (Lipinski definition) is 2. The van der Waals surface area contributed by atoms with Crippen molar-refractivity contribution in [2.45, 2.75) is 35.4 Å². The van der Waals surface area contributed by atoms with Gasteiger partial charge in [-0.3, -0.25) is 0 Å². The molecule has 0 amide bonds. The highest BCUT2D eigenvalue weighted by molar-refractivity contribution is 7.99. The number of anilines is 1. The molecule has 19 heavy (non-hydrogen) atoms. The average Bonchev–Trinajstić information content (AvgIpc) is 2.78. The third-order valence-electron chi connectivity index (χ3n) is 3.33. The van der Waals surface area contributed by atoms with Crippen LogP contribution in [0.4, 0.5) is 5.69 Å². The molecule has 7 heteroatoms. The molecular formula is C12H17ClN2O2S2. The van der Waals surface area contributed by atoms with E-state index in [-0.39, 0.29) is 16.6 Å². The van der Waals surface area contributed by atoms with Crippen LogP contribution in [-0.2, 0) is 10.0 Å². The van der Waals surface area contributed by atoms with Gasteiger partial charge < -0.3 is 5.73 Å². The third-order valence-corrected chi connectivity index (χ3v) is 6.28. The number of halogens is 1. The second-order valence-corrected chi connectivity index (χ2v) is 7.81. The van der Waals surface area contributed by atoms with E-state index in [0.29, 0.717) is 10.3 Å². The molecule has 1 aromatic rings. The van der Waals surface area contributed by atoms with Crippen LogP contribution >= 0.6 is 23.4 Å². The van der Waals surface area contributed by atoms with Gasteiger partial charge in [-0.2, -0.15) is 11.8 Å². The first kappa shape index (κ1) is 15.0. The van der Waals surface area contributed by atoms with Gasteiger partial charge in [0.05, 0.1) is 5.69 Å². The average molecular weight is 321 g/mol. The van der Waals surface area contributed by atoms with Crippen molar-refractivity contribution in [3.63, 3.8) is 0 Å². The number of hydrogen-bond acceptors (Lipinski definition) is 4. The lowest BCUT2D eigenvalue weighted by Crippen LogP contribution is -2.38. The first-order valence-corrected chi connectivity index (χ1v) is 9.19. The molecule has 106 valence electrons. The van der Waals surface area contributed by atoms with E-state index in [9.17, 15) is 8.42 Å². The molecule has 0 spiro atoms. The lowest BCUT2D eigenvalue weighted by molar-refractivity contribution is 0.555. The van der Waals surface area contributed by atoms with Gasteiger partial charge >= 0.3 is 0 Å². The molecule has 1 aliphatic rings. The fraction of sp³-hybridized carbons (Fsp3) is 0.500. The standard InChI is InChI=1S/C12H17ClN2O2S2/c1-18-11-4-2-3-10(11)15-19(16,17)12-7-8(13)5-6-9(12)14/h5-7,10-11,15H,2-4,14H2,1H3. The van der Waals surface area contributed by atoms with E-state index < -0.39 is 10.0 Å². The molecule has 0 saturated heterocycles. The Morgan fingerprint density at radius 2 is 2.16 bits per heavy atom. The van der Waals surface area contributed by atoms with E-state index in [1.807, 2.05) is 6.26 Å².